The van der Waals surface area contributed by atoms with Crippen molar-refractivity contribution in [1.29, 1.82) is 0 Å². The second kappa shape index (κ2) is 12.7. The summed E-state index contributed by atoms with van der Waals surface area (Å²) in [6.45, 7) is 6.51. The Morgan fingerprint density at radius 1 is 0.558 bits per heavy atom. The Bertz CT molecular complexity index is 2560. The number of aryl methyl sites for hydroxylation is 3. The lowest BCUT2D eigenvalue weighted by Crippen LogP contribution is -2.35. The quantitative estimate of drug-likeness (QED) is 0.176. The number of hydrogen-bond acceptors (Lipinski definition) is 4. The highest BCUT2D eigenvalue weighted by Crippen LogP contribution is 2.55. The molecule has 0 spiro atoms. The molecule has 2 aromatic heterocycles. The molecule has 4 heteroatoms. The lowest BCUT2D eigenvalue weighted by Gasteiger charge is -2.40. The van der Waals surface area contributed by atoms with Gasteiger partial charge in [0.2, 0.25) is 0 Å². The lowest BCUT2D eigenvalue weighted by atomic mass is 9.65. The number of hydrogen-bond donors (Lipinski definition) is 0. The molecule has 6 aromatic carbocycles. The molecule has 0 amide bonds. The minimum Gasteiger partial charge on any atom is -0.457 e. The molecular weight excluding hydrogens is 637 g/mol. The van der Waals surface area contributed by atoms with Gasteiger partial charge in [-0.05, 0) is 115 Å². The number of nitrogens with zero attached hydrogens (tertiary/aromatic N) is 2. The highest BCUT2D eigenvalue weighted by atomic mass is 16.5. The zero-order valence-corrected chi connectivity index (χ0v) is 29.3. The maximum atomic E-state index is 6.90. The highest BCUT2D eigenvalue weighted by molar-refractivity contribution is 5.83. The van der Waals surface area contributed by atoms with Crippen molar-refractivity contribution < 1.29 is 9.47 Å². The second-order valence-electron chi connectivity index (χ2n) is 13.6. The molecule has 3 heterocycles. The molecule has 0 aliphatic carbocycles. The van der Waals surface area contributed by atoms with Crippen molar-refractivity contribution in [3.8, 4) is 45.4 Å². The van der Waals surface area contributed by atoms with E-state index in [0.29, 0.717) is 0 Å². The first-order valence-electron chi connectivity index (χ1n) is 17.6. The van der Waals surface area contributed by atoms with Crippen LogP contribution in [0.3, 0.4) is 0 Å². The summed E-state index contributed by atoms with van der Waals surface area (Å²) in [5.41, 5.74) is 12.1. The number of ether oxygens (including phenoxy) is 2. The maximum Gasteiger partial charge on any atom is 0.132 e. The maximum absolute atomic E-state index is 6.90. The van der Waals surface area contributed by atoms with E-state index in [1.165, 1.54) is 22.3 Å². The van der Waals surface area contributed by atoms with Crippen molar-refractivity contribution in [1.82, 2.24) is 9.97 Å². The van der Waals surface area contributed by atoms with E-state index >= 15 is 0 Å². The molecular formula is C48H36N2O2. The first-order valence-corrected chi connectivity index (χ1v) is 17.6. The number of benzene rings is 6. The summed E-state index contributed by atoms with van der Waals surface area (Å²) < 4.78 is 13.4. The number of aromatic nitrogens is 2. The largest absolute Gasteiger partial charge is 0.457 e. The highest BCUT2D eigenvalue weighted by Gasteiger charge is 2.46. The Hall–Kier alpha value is -6.52. The summed E-state index contributed by atoms with van der Waals surface area (Å²) in [6.07, 6.45) is 1.86. The molecule has 250 valence electrons. The average molecular weight is 673 g/mol. The Morgan fingerprint density at radius 2 is 1.25 bits per heavy atom. The second-order valence-corrected chi connectivity index (χ2v) is 13.6. The SMILES string of the molecule is Cc1cc(C)c(-c2cc(Oc3cccc(C4(c5ccccn5)c5ccccc5Oc5ccccc54)c3)cc(-c3ccc4ccccc4n3)c2)c(C)c1. The minimum absolute atomic E-state index is 0.723. The van der Waals surface area contributed by atoms with Crippen molar-refractivity contribution in [2.24, 2.45) is 0 Å². The summed E-state index contributed by atoms with van der Waals surface area (Å²) in [5.74, 6) is 3.07. The smallest absolute Gasteiger partial charge is 0.132 e. The van der Waals surface area contributed by atoms with E-state index in [1.54, 1.807) is 0 Å². The van der Waals surface area contributed by atoms with Gasteiger partial charge in [0.15, 0.2) is 0 Å². The van der Waals surface area contributed by atoms with Crippen LogP contribution < -0.4 is 9.47 Å². The van der Waals surface area contributed by atoms with Crippen LogP contribution >= 0.6 is 0 Å². The lowest BCUT2D eigenvalue weighted by molar-refractivity contribution is 0.431. The van der Waals surface area contributed by atoms with Crippen molar-refractivity contribution in [3.05, 3.63) is 203 Å². The van der Waals surface area contributed by atoms with Crippen LogP contribution in [0.15, 0.2) is 164 Å². The van der Waals surface area contributed by atoms with Gasteiger partial charge in [0.25, 0.3) is 0 Å². The average Bonchev–Trinajstić information content (AvgIpc) is 3.17. The number of fused-ring (bicyclic) bond motifs is 3. The van der Waals surface area contributed by atoms with Crippen molar-refractivity contribution in [3.63, 3.8) is 0 Å². The Morgan fingerprint density at radius 3 is 2.00 bits per heavy atom. The van der Waals surface area contributed by atoms with Gasteiger partial charge >= 0.3 is 0 Å². The number of rotatable bonds is 6. The summed E-state index contributed by atoms with van der Waals surface area (Å²) in [4.78, 5) is 10.1. The van der Waals surface area contributed by atoms with Gasteiger partial charge in [-0.2, -0.15) is 0 Å². The third kappa shape index (κ3) is 5.32. The number of para-hydroxylation sites is 3. The van der Waals surface area contributed by atoms with Crippen LogP contribution in [-0.2, 0) is 5.41 Å². The standard InChI is InChI=1S/C48H36N2O2/c1-31-25-32(2)47(33(3)26-31)36-27-35(43-23-22-34-13-4-7-18-42(34)50-43)28-39(29-36)51-38-15-12-14-37(30-38)48(46-21-10-11-24-49-46)40-16-5-8-19-44(40)52-45-20-9-6-17-41(45)48/h4-30H,1-3H3. The van der Waals surface area contributed by atoms with Gasteiger partial charge in [-0.25, -0.2) is 4.98 Å². The van der Waals surface area contributed by atoms with Gasteiger partial charge in [0.05, 0.1) is 22.3 Å². The Balaban J connectivity index is 1.22. The molecule has 0 saturated carbocycles. The van der Waals surface area contributed by atoms with Gasteiger partial charge in [-0.15, -0.1) is 0 Å². The third-order valence-electron chi connectivity index (χ3n) is 10.1. The monoisotopic (exact) mass is 672 g/mol. The first kappa shape index (κ1) is 31.5. The van der Waals surface area contributed by atoms with Crippen molar-refractivity contribution in [2.75, 3.05) is 0 Å². The van der Waals surface area contributed by atoms with Crippen molar-refractivity contribution in [2.45, 2.75) is 26.2 Å². The van der Waals surface area contributed by atoms with Crippen LogP contribution in [0.5, 0.6) is 23.0 Å². The number of pyridine rings is 2. The molecule has 0 atom stereocenters. The zero-order valence-electron chi connectivity index (χ0n) is 29.3. The predicted molar refractivity (Wildman–Crippen MR) is 210 cm³/mol. The fourth-order valence-electron chi connectivity index (χ4n) is 8.06. The topological polar surface area (TPSA) is 44.2 Å². The van der Waals surface area contributed by atoms with Crippen LogP contribution in [0.1, 0.15) is 39.1 Å². The molecule has 0 bridgehead atoms. The molecule has 1 aliphatic heterocycles. The summed E-state index contributed by atoms with van der Waals surface area (Å²) in [6, 6.07) is 54.5. The van der Waals surface area contributed by atoms with Gasteiger partial charge < -0.3 is 9.47 Å². The minimum atomic E-state index is -0.746. The molecule has 0 radical (unpaired) electrons. The molecule has 9 rings (SSSR count). The molecule has 0 fully saturated rings. The van der Waals surface area contributed by atoms with Crippen LogP contribution in [0, 0.1) is 20.8 Å². The van der Waals surface area contributed by atoms with E-state index in [4.69, 9.17) is 19.4 Å². The van der Waals surface area contributed by atoms with E-state index in [1.807, 2.05) is 60.8 Å². The first-order chi connectivity index (χ1) is 25.5. The van der Waals surface area contributed by atoms with Gasteiger partial charge in [0.1, 0.15) is 23.0 Å². The van der Waals surface area contributed by atoms with E-state index in [9.17, 15) is 0 Å². The third-order valence-corrected chi connectivity index (χ3v) is 10.1. The molecule has 1 aliphatic rings. The van der Waals surface area contributed by atoms with Crippen LogP contribution in [0.4, 0.5) is 0 Å². The predicted octanol–water partition coefficient (Wildman–Crippen LogP) is 12.2. The molecule has 0 N–H and O–H groups in total. The molecule has 8 aromatic rings. The summed E-state index contributed by atoms with van der Waals surface area (Å²) in [7, 11) is 0. The molecule has 52 heavy (non-hydrogen) atoms. The van der Waals surface area contributed by atoms with Gasteiger partial charge in [0, 0.05) is 28.3 Å². The summed E-state index contributed by atoms with van der Waals surface area (Å²) >= 11 is 0. The molecule has 0 unspecified atom stereocenters. The van der Waals surface area contributed by atoms with E-state index < -0.39 is 5.41 Å². The van der Waals surface area contributed by atoms with E-state index in [-0.39, 0.29) is 0 Å². The fraction of sp³-hybridized carbons (Fsp3) is 0.0833. The van der Waals surface area contributed by atoms with E-state index in [2.05, 4.69) is 124 Å². The molecule has 0 saturated heterocycles. The van der Waals surface area contributed by atoms with Crippen LogP contribution in [0.2, 0.25) is 0 Å². The summed E-state index contributed by atoms with van der Waals surface area (Å²) in [5, 5.41) is 1.11. The van der Waals surface area contributed by atoms with Crippen LogP contribution in [-0.4, -0.2) is 9.97 Å². The van der Waals surface area contributed by atoms with E-state index in [0.717, 1.165) is 73.1 Å². The Labute approximate surface area is 304 Å². The zero-order chi connectivity index (χ0) is 35.2. The van der Waals surface area contributed by atoms with Gasteiger partial charge in [-0.3, -0.25) is 4.98 Å². The van der Waals surface area contributed by atoms with Gasteiger partial charge in [-0.1, -0.05) is 96.6 Å². The van der Waals surface area contributed by atoms with Crippen LogP contribution in [0.25, 0.3) is 33.3 Å². The van der Waals surface area contributed by atoms with Crippen molar-refractivity contribution >= 4 is 10.9 Å². The molecule has 4 nitrogen and oxygen atoms in total. The normalized spacial score (nSPS) is 12.8. The Kier molecular flexibility index (Phi) is 7.66. The fourth-order valence-corrected chi connectivity index (χ4v) is 8.06.